The van der Waals surface area contributed by atoms with Crippen LogP contribution in [0.5, 0.6) is 17.2 Å². The lowest BCUT2D eigenvalue weighted by molar-refractivity contribution is -0.113. The number of halogens is 1. The number of anilines is 1. The van der Waals surface area contributed by atoms with Crippen molar-refractivity contribution in [2.45, 2.75) is 4.90 Å². The normalized spacial score (nSPS) is 10.2. The van der Waals surface area contributed by atoms with Crippen LogP contribution in [-0.4, -0.2) is 33.0 Å². The summed E-state index contributed by atoms with van der Waals surface area (Å²) in [5.74, 6) is 1.88. The molecule has 0 spiro atoms. The van der Waals surface area contributed by atoms with Crippen LogP contribution in [0.25, 0.3) is 0 Å². The van der Waals surface area contributed by atoms with E-state index in [1.54, 1.807) is 19.2 Å². The van der Waals surface area contributed by atoms with Gasteiger partial charge in [0.2, 0.25) is 5.91 Å². The van der Waals surface area contributed by atoms with E-state index in [1.165, 1.54) is 26.0 Å². The first-order valence-corrected chi connectivity index (χ1v) is 8.42. The smallest absolute Gasteiger partial charge is 0.234 e. The maximum atomic E-state index is 12.1. The van der Waals surface area contributed by atoms with Crippen molar-refractivity contribution < 1.29 is 19.0 Å². The molecule has 0 aliphatic heterocycles. The molecule has 0 heterocycles. The van der Waals surface area contributed by atoms with Crippen molar-refractivity contribution in [1.82, 2.24) is 0 Å². The number of rotatable bonds is 7. The molecule has 0 fully saturated rings. The van der Waals surface area contributed by atoms with E-state index in [1.807, 2.05) is 24.3 Å². The van der Waals surface area contributed by atoms with Gasteiger partial charge >= 0.3 is 0 Å². The van der Waals surface area contributed by atoms with Gasteiger partial charge in [-0.3, -0.25) is 4.79 Å². The molecular weight excluding hydrogens is 350 g/mol. The van der Waals surface area contributed by atoms with Gasteiger partial charge in [-0.15, -0.1) is 11.8 Å². The Morgan fingerprint density at radius 3 is 2.25 bits per heavy atom. The van der Waals surface area contributed by atoms with Crippen LogP contribution < -0.4 is 19.5 Å². The molecule has 0 aromatic heterocycles. The van der Waals surface area contributed by atoms with E-state index in [4.69, 9.17) is 25.8 Å². The molecule has 2 aromatic rings. The Bertz CT molecular complexity index is 706. The molecule has 0 atom stereocenters. The first-order chi connectivity index (χ1) is 11.6. The minimum Gasteiger partial charge on any atom is -0.497 e. The predicted octanol–water partition coefficient (Wildman–Crippen LogP) is 4.10. The maximum Gasteiger partial charge on any atom is 0.234 e. The maximum absolute atomic E-state index is 12.1. The molecule has 0 saturated carbocycles. The van der Waals surface area contributed by atoms with E-state index in [9.17, 15) is 4.79 Å². The monoisotopic (exact) mass is 367 g/mol. The molecule has 2 aromatic carbocycles. The van der Waals surface area contributed by atoms with Crippen LogP contribution in [0.3, 0.4) is 0 Å². The fourth-order valence-corrected chi connectivity index (χ4v) is 2.86. The summed E-state index contributed by atoms with van der Waals surface area (Å²) >= 11 is 7.58. The standard InChI is InChI=1S/C17H18ClNO4S/c1-21-11-4-6-12(7-5-11)24-10-17(20)19-14-9-16(23-3)15(22-2)8-13(14)18/h4-9H,10H2,1-3H3,(H,19,20). The molecule has 2 rings (SSSR count). The van der Waals surface area contributed by atoms with Crippen LogP contribution in [-0.2, 0) is 4.79 Å². The Morgan fingerprint density at radius 2 is 1.67 bits per heavy atom. The van der Waals surface area contributed by atoms with Crippen LogP contribution in [0.1, 0.15) is 0 Å². The molecule has 0 radical (unpaired) electrons. The van der Waals surface area contributed by atoms with E-state index in [2.05, 4.69) is 5.32 Å². The number of nitrogens with one attached hydrogen (secondary N) is 1. The Hall–Kier alpha value is -2.05. The summed E-state index contributed by atoms with van der Waals surface area (Å²) in [6, 6.07) is 10.8. The van der Waals surface area contributed by atoms with Gasteiger partial charge in [-0.2, -0.15) is 0 Å². The summed E-state index contributed by atoms with van der Waals surface area (Å²) in [6.45, 7) is 0. The summed E-state index contributed by atoms with van der Waals surface area (Å²) < 4.78 is 15.5. The lowest BCUT2D eigenvalue weighted by Crippen LogP contribution is -2.14. The number of thioether (sulfide) groups is 1. The number of ether oxygens (including phenoxy) is 3. The molecule has 24 heavy (non-hydrogen) atoms. The minimum atomic E-state index is -0.162. The fourth-order valence-electron chi connectivity index (χ4n) is 1.96. The Labute approximate surface area is 150 Å². The Kier molecular flexibility index (Phi) is 6.63. The third-order valence-corrected chi connectivity index (χ3v) is 4.50. The first-order valence-electron chi connectivity index (χ1n) is 7.05. The summed E-state index contributed by atoms with van der Waals surface area (Å²) in [7, 11) is 4.66. The molecule has 0 aliphatic carbocycles. The molecule has 5 nitrogen and oxygen atoms in total. The minimum absolute atomic E-state index is 0.162. The molecule has 0 saturated heterocycles. The SMILES string of the molecule is COc1ccc(SCC(=O)Nc2cc(OC)c(OC)cc2Cl)cc1. The second kappa shape index (κ2) is 8.70. The number of carbonyl (C=O) groups is 1. The van der Waals surface area contributed by atoms with Crippen molar-refractivity contribution in [3.05, 3.63) is 41.4 Å². The van der Waals surface area contributed by atoms with Crippen LogP contribution >= 0.6 is 23.4 Å². The number of hydrogen-bond donors (Lipinski definition) is 1. The first kappa shape index (κ1) is 18.3. The van der Waals surface area contributed by atoms with Crippen molar-refractivity contribution in [2.24, 2.45) is 0 Å². The van der Waals surface area contributed by atoms with Gasteiger partial charge in [0.15, 0.2) is 11.5 Å². The van der Waals surface area contributed by atoms with Gasteiger partial charge in [-0.05, 0) is 24.3 Å². The van der Waals surface area contributed by atoms with Crippen molar-refractivity contribution in [3.8, 4) is 17.2 Å². The molecule has 128 valence electrons. The zero-order chi connectivity index (χ0) is 17.5. The molecule has 1 amide bonds. The van der Waals surface area contributed by atoms with E-state index in [0.29, 0.717) is 22.2 Å². The zero-order valence-corrected chi connectivity index (χ0v) is 15.2. The van der Waals surface area contributed by atoms with E-state index in [-0.39, 0.29) is 11.7 Å². The Morgan fingerprint density at radius 1 is 1.04 bits per heavy atom. The van der Waals surface area contributed by atoms with Crippen molar-refractivity contribution in [2.75, 3.05) is 32.4 Å². The quantitative estimate of drug-likeness (QED) is 0.747. The summed E-state index contributed by atoms with van der Waals surface area (Å²) in [6.07, 6.45) is 0. The second-order valence-corrected chi connectivity index (χ2v) is 6.16. The third-order valence-electron chi connectivity index (χ3n) is 3.18. The van der Waals surface area contributed by atoms with Gasteiger partial charge in [-0.1, -0.05) is 11.6 Å². The van der Waals surface area contributed by atoms with Gasteiger partial charge in [0, 0.05) is 17.0 Å². The highest BCUT2D eigenvalue weighted by atomic mass is 35.5. The lowest BCUT2D eigenvalue weighted by atomic mass is 10.2. The average molecular weight is 368 g/mol. The lowest BCUT2D eigenvalue weighted by Gasteiger charge is -2.12. The number of benzene rings is 2. The molecular formula is C17H18ClNO4S. The molecule has 0 aliphatic rings. The molecule has 1 N–H and O–H groups in total. The number of carbonyl (C=O) groups excluding carboxylic acids is 1. The molecule has 0 bridgehead atoms. The van der Waals surface area contributed by atoms with Crippen molar-refractivity contribution in [1.29, 1.82) is 0 Å². The van der Waals surface area contributed by atoms with Gasteiger partial charge < -0.3 is 19.5 Å². The largest absolute Gasteiger partial charge is 0.497 e. The number of hydrogen-bond acceptors (Lipinski definition) is 5. The van der Waals surface area contributed by atoms with Gasteiger partial charge in [0.25, 0.3) is 0 Å². The molecule has 0 unspecified atom stereocenters. The highest BCUT2D eigenvalue weighted by molar-refractivity contribution is 8.00. The summed E-state index contributed by atoms with van der Waals surface area (Å²) in [4.78, 5) is 13.1. The summed E-state index contributed by atoms with van der Waals surface area (Å²) in [5.41, 5.74) is 0.481. The third kappa shape index (κ3) is 4.72. The van der Waals surface area contributed by atoms with Crippen LogP contribution in [0.15, 0.2) is 41.3 Å². The van der Waals surface area contributed by atoms with Crippen LogP contribution in [0, 0.1) is 0 Å². The van der Waals surface area contributed by atoms with E-state index >= 15 is 0 Å². The fraction of sp³-hybridized carbons (Fsp3) is 0.235. The van der Waals surface area contributed by atoms with Crippen molar-refractivity contribution in [3.63, 3.8) is 0 Å². The molecule has 7 heteroatoms. The van der Waals surface area contributed by atoms with Gasteiger partial charge in [0.1, 0.15) is 5.75 Å². The zero-order valence-electron chi connectivity index (χ0n) is 13.6. The van der Waals surface area contributed by atoms with E-state index < -0.39 is 0 Å². The average Bonchev–Trinajstić information content (AvgIpc) is 2.61. The summed E-state index contributed by atoms with van der Waals surface area (Å²) in [5, 5.41) is 3.16. The topological polar surface area (TPSA) is 56.8 Å². The van der Waals surface area contributed by atoms with Gasteiger partial charge in [0.05, 0.1) is 37.8 Å². The second-order valence-electron chi connectivity index (χ2n) is 4.70. The van der Waals surface area contributed by atoms with E-state index in [0.717, 1.165) is 10.6 Å². The number of methoxy groups -OCH3 is 3. The van der Waals surface area contributed by atoms with Crippen molar-refractivity contribution >= 4 is 35.0 Å². The highest BCUT2D eigenvalue weighted by Gasteiger charge is 2.12. The van der Waals surface area contributed by atoms with Crippen LogP contribution in [0.4, 0.5) is 5.69 Å². The Balaban J connectivity index is 1.98. The van der Waals surface area contributed by atoms with Gasteiger partial charge in [-0.25, -0.2) is 0 Å². The van der Waals surface area contributed by atoms with Crippen LogP contribution in [0.2, 0.25) is 5.02 Å². The highest BCUT2D eigenvalue weighted by Crippen LogP contribution is 2.36. The number of amides is 1. The predicted molar refractivity (Wildman–Crippen MR) is 96.9 cm³/mol.